The Morgan fingerprint density at radius 1 is 1.29 bits per heavy atom. The van der Waals surface area contributed by atoms with Crippen LogP contribution in [0.4, 0.5) is 21.7 Å². The molecule has 2 heterocycles. The number of carbonyl (C=O) groups is 1. The molecule has 0 aliphatic heterocycles. The van der Waals surface area contributed by atoms with E-state index >= 15 is 0 Å². The van der Waals surface area contributed by atoms with Crippen LogP contribution >= 0.6 is 0 Å². The van der Waals surface area contributed by atoms with Gasteiger partial charge in [0.05, 0.1) is 22.4 Å². The topological polar surface area (TPSA) is 123 Å². The van der Waals surface area contributed by atoms with E-state index in [-0.39, 0.29) is 29.4 Å². The van der Waals surface area contributed by atoms with Crippen molar-refractivity contribution in [3.63, 3.8) is 0 Å². The van der Waals surface area contributed by atoms with Gasteiger partial charge in [-0.25, -0.2) is 14.4 Å². The van der Waals surface area contributed by atoms with Crippen LogP contribution in [0.1, 0.15) is 62.4 Å². The fraction of sp³-hybridized carbons (Fsp3) is 0.455. The number of amides is 1. The molecule has 2 aromatic heterocycles. The SMILES string of the molecule is CC(C)Nc1cc(Nc2ncc(C#N)cc2F)ncc1C(=O)NC1CCC(C)(O)CC1. The van der Waals surface area contributed by atoms with Crippen molar-refractivity contribution in [1.82, 2.24) is 15.3 Å². The van der Waals surface area contributed by atoms with Crippen molar-refractivity contribution in [3.05, 3.63) is 41.5 Å². The van der Waals surface area contributed by atoms with Gasteiger partial charge in [0, 0.05) is 30.5 Å². The maximum Gasteiger partial charge on any atom is 0.255 e. The van der Waals surface area contributed by atoms with Gasteiger partial charge < -0.3 is 21.1 Å². The minimum Gasteiger partial charge on any atom is -0.390 e. The van der Waals surface area contributed by atoms with Gasteiger partial charge in [0.1, 0.15) is 11.9 Å². The number of nitriles is 1. The van der Waals surface area contributed by atoms with E-state index in [1.165, 1.54) is 12.4 Å². The van der Waals surface area contributed by atoms with Crippen molar-refractivity contribution >= 4 is 23.2 Å². The van der Waals surface area contributed by atoms with Crippen LogP contribution < -0.4 is 16.0 Å². The quantitative estimate of drug-likeness (QED) is 0.558. The molecular weight excluding hydrogens is 399 g/mol. The molecule has 1 saturated carbocycles. The van der Waals surface area contributed by atoms with Crippen LogP contribution in [0.15, 0.2) is 24.5 Å². The molecule has 0 unspecified atom stereocenters. The van der Waals surface area contributed by atoms with Crippen LogP contribution in [0.2, 0.25) is 0 Å². The number of hydrogen-bond donors (Lipinski definition) is 4. The minimum absolute atomic E-state index is 0.00521. The summed E-state index contributed by atoms with van der Waals surface area (Å²) in [5.41, 5.74) is 0.385. The van der Waals surface area contributed by atoms with Gasteiger partial charge in [-0.3, -0.25) is 4.79 Å². The lowest BCUT2D eigenvalue weighted by Gasteiger charge is -2.33. The largest absolute Gasteiger partial charge is 0.390 e. The third-order valence-electron chi connectivity index (χ3n) is 5.21. The highest BCUT2D eigenvalue weighted by Crippen LogP contribution is 2.28. The molecule has 0 aromatic carbocycles. The molecule has 0 saturated heterocycles. The molecule has 2 aromatic rings. The highest BCUT2D eigenvalue weighted by molar-refractivity contribution is 6.00. The van der Waals surface area contributed by atoms with E-state index in [2.05, 4.69) is 25.9 Å². The maximum atomic E-state index is 14.2. The smallest absolute Gasteiger partial charge is 0.255 e. The molecule has 1 aliphatic carbocycles. The molecule has 31 heavy (non-hydrogen) atoms. The molecule has 0 bridgehead atoms. The predicted octanol–water partition coefficient (Wildman–Crippen LogP) is 3.47. The van der Waals surface area contributed by atoms with E-state index in [1.807, 2.05) is 26.8 Å². The van der Waals surface area contributed by atoms with Crippen molar-refractivity contribution in [2.24, 2.45) is 0 Å². The Balaban J connectivity index is 1.78. The number of carbonyl (C=O) groups excluding carboxylic acids is 1. The summed E-state index contributed by atoms with van der Waals surface area (Å²) in [6, 6.07) is 4.59. The van der Waals surface area contributed by atoms with E-state index < -0.39 is 11.4 Å². The van der Waals surface area contributed by atoms with E-state index in [4.69, 9.17) is 5.26 Å². The molecule has 1 aliphatic rings. The number of rotatable bonds is 6. The third kappa shape index (κ3) is 5.89. The Hall–Kier alpha value is -3.25. The summed E-state index contributed by atoms with van der Waals surface area (Å²) in [7, 11) is 0. The fourth-order valence-electron chi connectivity index (χ4n) is 3.49. The standard InChI is InChI=1S/C22H27FN6O2/c1-13(2)27-18-9-19(29-20-17(23)8-14(10-24)11-26-20)25-12-16(18)21(30)28-15-4-6-22(3,31)7-5-15/h8-9,11-13,15,31H,4-7H2,1-3H3,(H,28,30)(H2,25,26,27,29). The normalized spacial score (nSPS) is 20.7. The third-order valence-corrected chi connectivity index (χ3v) is 5.21. The van der Waals surface area contributed by atoms with Crippen LogP contribution in [0.25, 0.3) is 0 Å². The number of hydrogen-bond acceptors (Lipinski definition) is 7. The lowest BCUT2D eigenvalue weighted by molar-refractivity contribution is 0.0140. The monoisotopic (exact) mass is 426 g/mol. The van der Waals surface area contributed by atoms with Gasteiger partial charge in [0.15, 0.2) is 11.6 Å². The molecule has 9 heteroatoms. The first-order valence-corrected chi connectivity index (χ1v) is 10.3. The Kier molecular flexibility index (Phi) is 6.71. The highest BCUT2D eigenvalue weighted by Gasteiger charge is 2.30. The van der Waals surface area contributed by atoms with E-state index in [9.17, 15) is 14.3 Å². The Morgan fingerprint density at radius 2 is 2.00 bits per heavy atom. The first kappa shape index (κ1) is 22.4. The summed E-state index contributed by atoms with van der Waals surface area (Å²) >= 11 is 0. The molecule has 8 nitrogen and oxygen atoms in total. The molecule has 3 rings (SSSR count). The number of nitrogens with zero attached hydrogens (tertiary/aromatic N) is 3. The van der Waals surface area contributed by atoms with Crippen molar-refractivity contribution in [2.45, 2.75) is 64.1 Å². The summed E-state index contributed by atoms with van der Waals surface area (Å²) in [4.78, 5) is 21.0. The van der Waals surface area contributed by atoms with E-state index in [0.717, 1.165) is 6.07 Å². The molecule has 1 amide bonds. The van der Waals surface area contributed by atoms with Gasteiger partial charge in [-0.05, 0) is 52.5 Å². The lowest BCUT2D eigenvalue weighted by Crippen LogP contribution is -2.42. The van der Waals surface area contributed by atoms with Crippen molar-refractivity contribution in [1.29, 1.82) is 5.26 Å². The van der Waals surface area contributed by atoms with Crippen molar-refractivity contribution in [3.8, 4) is 6.07 Å². The zero-order valence-electron chi connectivity index (χ0n) is 17.9. The first-order valence-electron chi connectivity index (χ1n) is 10.3. The highest BCUT2D eigenvalue weighted by atomic mass is 19.1. The maximum absolute atomic E-state index is 14.2. The van der Waals surface area contributed by atoms with Crippen LogP contribution in [0.3, 0.4) is 0 Å². The van der Waals surface area contributed by atoms with Crippen LogP contribution in [-0.4, -0.2) is 38.7 Å². The number of halogens is 1. The van der Waals surface area contributed by atoms with E-state index in [0.29, 0.717) is 42.8 Å². The second-order valence-corrected chi connectivity index (χ2v) is 8.45. The molecule has 164 valence electrons. The lowest BCUT2D eigenvalue weighted by atomic mass is 9.83. The van der Waals surface area contributed by atoms with Gasteiger partial charge in [-0.2, -0.15) is 5.26 Å². The van der Waals surface area contributed by atoms with E-state index in [1.54, 1.807) is 6.07 Å². The Bertz CT molecular complexity index is 992. The summed E-state index contributed by atoms with van der Waals surface area (Å²) in [5.74, 6) is -0.677. The Labute approximate surface area is 180 Å². The van der Waals surface area contributed by atoms with Gasteiger partial charge in [-0.1, -0.05) is 0 Å². The minimum atomic E-state index is -0.672. The molecule has 0 atom stereocenters. The zero-order valence-corrected chi connectivity index (χ0v) is 17.9. The summed E-state index contributed by atoms with van der Waals surface area (Å²) in [6.45, 7) is 5.71. The molecule has 0 spiro atoms. The average Bonchev–Trinajstić information content (AvgIpc) is 2.70. The van der Waals surface area contributed by atoms with Crippen LogP contribution in [0, 0.1) is 17.1 Å². The number of anilines is 3. The summed E-state index contributed by atoms with van der Waals surface area (Å²) < 4.78 is 14.2. The second-order valence-electron chi connectivity index (χ2n) is 8.45. The van der Waals surface area contributed by atoms with Crippen LogP contribution in [-0.2, 0) is 0 Å². The van der Waals surface area contributed by atoms with Crippen molar-refractivity contribution in [2.75, 3.05) is 10.6 Å². The number of aromatic nitrogens is 2. The van der Waals surface area contributed by atoms with Gasteiger partial charge in [0.25, 0.3) is 5.91 Å². The fourth-order valence-corrected chi connectivity index (χ4v) is 3.49. The zero-order chi connectivity index (χ0) is 22.6. The first-order chi connectivity index (χ1) is 14.7. The molecular formula is C22H27FN6O2. The number of nitrogens with one attached hydrogen (secondary N) is 3. The van der Waals surface area contributed by atoms with Gasteiger partial charge >= 0.3 is 0 Å². The molecule has 0 radical (unpaired) electrons. The average molecular weight is 426 g/mol. The molecule has 1 fully saturated rings. The van der Waals surface area contributed by atoms with Gasteiger partial charge in [0.2, 0.25) is 0 Å². The summed E-state index contributed by atoms with van der Waals surface area (Å²) in [6.07, 6.45) is 5.40. The predicted molar refractivity (Wildman–Crippen MR) is 116 cm³/mol. The van der Waals surface area contributed by atoms with Gasteiger partial charge in [-0.15, -0.1) is 0 Å². The van der Waals surface area contributed by atoms with Crippen LogP contribution in [0.5, 0.6) is 0 Å². The number of pyridine rings is 2. The second kappa shape index (κ2) is 9.27. The number of aliphatic hydroxyl groups is 1. The Morgan fingerprint density at radius 3 is 2.61 bits per heavy atom. The van der Waals surface area contributed by atoms with Crippen molar-refractivity contribution < 1.29 is 14.3 Å². The summed E-state index contributed by atoms with van der Waals surface area (Å²) in [5, 5.41) is 28.0. The molecule has 4 N–H and O–H groups in total.